The molecule has 0 amide bonds. The van der Waals surface area contributed by atoms with Crippen LogP contribution in [0.2, 0.25) is 0 Å². The van der Waals surface area contributed by atoms with Crippen LogP contribution in [0.3, 0.4) is 0 Å². The van der Waals surface area contributed by atoms with Crippen molar-refractivity contribution in [2.45, 2.75) is 26.8 Å². The van der Waals surface area contributed by atoms with E-state index in [9.17, 15) is 0 Å². The number of morpholine rings is 1. The second kappa shape index (κ2) is 4.07. The molecule has 2 nitrogen and oxygen atoms in total. The third-order valence-corrected chi connectivity index (χ3v) is 2.64. The van der Waals surface area contributed by atoms with Crippen LogP contribution in [0.5, 0.6) is 0 Å². The van der Waals surface area contributed by atoms with Gasteiger partial charge in [-0.25, -0.2) is 0 Å². The SMILES string of the molecule is CC(C)C(C)[C@H]1COCCN1. The minimum Gasteiger partial charge on any atom is -0.379 e. The molecule has 0 radical (unpaired) electrons. The first-order valence-corrected chi connectivity index (χ1v) is 4.53. The van der Waals surface area contributed by atoms with Gasteiger partial charge in [0.15, 0.2) is 0 Å². The van der Waals surface area contributed by atoms with Gasteiger partial charge in [-0.15, -0.1) is 0 Å². The molecule has 0 aliphatic carbocycles. The molecule has 1 aliphatic heterocycles. The molecule has 1 unspecified atom stereocenters. The van der Waals surface area contributed by atoms with E-state index < -0.39 is 0 Å². The van der Waals surface area contributed by atoms with Crippen LogP contribution >= 0.6 is 0 Å². The van der Waals surface area contributed by atoms with E-state index in [4.69, 9.17) is 4.74 Å². The van der Waals surface area contributed by atoms with Gasteiger partial charge in [-0.1, -0.05) is 20.8 Å². The summed E-state index contributed by atoms with van der Waals surface area (Å²) in [6.45, 7) is 9.60. The van der Waals surface area contributed by atoms with Crippen molar-refractivity contribution in [3.8, 4) is 0 Å². The average Bonchev–Trinajstić information content (AvgIpc) is 2.05. The number of rotatable bonds is 2. The molecule has 2 atom stereocenters. The van der Waals surface area contributed by atoms with Crippen molar-refractivity contribution in [2.75, 3.05) is 19.8 Å². The van der Waals surface area contributed by atoms with E-state index in [1.807, 2.05) is 0 Å². The van der Waals surface area contributed by atoms with Crippen molar-refractivity contribution in [1.29, 1.82) is 0 Å². The first kappa shape index (κ1) is 9.01. The number of ether oxygens (including phenoxy) is 1. The van der Waals surface area contributed by atoms with E-state index in [0.29, 0.717) is 6.04 Å². The highest BCUT2D eigenvalue weighted by Gasteiger charge is 2.21. The topological polar surface area (TPSA) is 21.3 Å². The standard InChI is InChI=1S/C9H19NO/c1-7(2)8(3)9-6-11-5-4-10-9/h7-10H,4-6H2,1-3H3/t8?,9-/m1/s1. The Labute approximate surface area is 69.3 Å². The second-order valence-corrected chi connectivity index (χ2v) is 3.74. The molecule has 1 fully saturated rings. The molecule has 0 spiro atoms. The Hall–Kier alpha value is -0.0800. The van der Waals surface area contributed by atoms with Crippen LogP contribution in [0.25, 0.3) is 0 Å². The van der Waals surface area contributed by atoms with Gasteiger partial charge in [0.2, 0.25) is 0 Å². The Bertz CT molecular complexity index is 108. The van der Waals surface area contributed by atoms with Gasteiger partial charge in [-0.2, -0.15) is 0 Å². The van der Waals surface area contributed by atoms with Crippen LogP contribution in [-0.4, -0.2) is 25.8 Å². The van der Waals surface area contributed by atoms with Crippen molar-refractivity contribution >= 4 is 0 Å². The summed E-state index contributed by atoms with van der Waals surface area (Å²) < 4.78 is 5.39. The Morgan fingerprint density at radius 2 is 2.09 bits per heavy atom. The smallest absolute Gasteiger partial charge is 0.0622 e. The Balaban J connectivity index is 2.32. The molecule has 11 heavy (non-hydrogen) atoms. The van der Waals surface area contributed by atoms with E-state index in [1.54, 1.807) is 0 Å². The minimum atomic E-state index is 0.573. The van der Waals surface area contributed by atoms with E-state index in [1.165, 1.54) is 0 Å². The van der Waals surface area contributed by atoms with E-state index in [-0.39, 0.29) is 0 Å². The summed E-state index contributed by atoms with van der Waals surface area (Å²) >= 11 is 0. The van der Waals surface area contributed by atoms with Crippen molar-refractivity contribution < 1.29 is 4.74 Å². The summed E-state index contributed by atoms with van der Waals surface area (Å²) in [5.74, 6) is 1.46. The molecule has 1 aliphatic rings. The van der Waals surface area contributed by atoms with Gasteiger partial charge in [0, 0.05) is 12.6 Å². The third-order valence-electron chi connectivity index (χ3n) is 2.64. The van der Waals surface area contributed by atoms with E-state index in [2.05, 4.69) is 26.1 Å². The summed E-state index contributed by atoms with van der Waals surface area (Å²) in [6.07, 6.45) is 0. The maximum atomic E-state index is 5.39. The normalized spacial score (nSPS) is 28.9. The van der Waals surface area contributed by atoms with Crippen LogP contribution in [0.1, 0.15) is 20.8 Å². The van der Waals surface area contributed by atoms with Crippen LogP contribution in [0, 0.1) is 11.8 Å². The van der Waals surface area contributed by atoms with Gasteiger partial charge in [0.1, 0.15) is 0 Å². The second-order valence-electron chi connectivity index (χ2n) is 3.74. The van der Waals surface area contributed by atoms with E-state index >= 15 is 0 Å². The molecule has 1 rings (SSSR count). The molecule has 2 heteroatoms. The highest BCUT2D eigenvalue weighted by molar-refractivity contribution is 4.77. The van der Waals surface area contributed by atoms with Crippen LogP contribution in [0.15, 0.2) is 0 Å². The zero-order valence-corrected chi connectivity index (χ0v) is 7.76. The summed E-state index contributed by atoms with van der Waals surface area (Å²) in [6, 6.07) is 0.573. The Morgan fingerprint density at radius 3 is 2.55 bits per heavy atom. The lowest BCUT2D eigenvalue weighted by molar-refractivity contribution is 0.0513. The van der Waals surface area contributed by atoms with Crippen molar-refractivity contribution in [3.63, 3.8) is 0 Å². The fourth-order valence-corrected chi connectivity index (χ4v) is 1.39. The molecule has 0 saturated carbocycles. The highest BCUT2D eigenvalue weighted by Crippen LogP contribution is 2.15. The van der Waals surface area contributed by atoms with Crippen LogP contribution < -0.4 is 5.32 Å². The zero-order valence-electron chi connectivity index (χ0n) is 7.76. The predicted molar refractivity (Wildman–Crippen MR) is 46.6 cm³/mol. The molecule has 0 aromatic rings. The van der Waals surface area contributed by atoms with Crippen LogP contribution in [-0.2, 0) is 4.74 Å². The molecular formula is C9H19NO. The van der Waals surface area contributed by atoms with Gasteiger partial charge >= 0.3 is 0 Å². The fraction of sp³-hybridized carbons (Fsp3) is 1.00. The molecule has 66 valence electrons. The number of hydrogen-bond donors (Lipinski definition) is 1. The number of nitrogens with one attached hydrogen (secondary N) is 1. The molecule has 1 N–H and O–H groups in total. The average molecular weight is 157 g/mol. The summed E-state index contributed by atoms with van der Waals surface area (Å²) in [5, 5.41) is 3.48. The van der Waals surface area contributed by atoms with Crippen LogP contribution in [0.4, 0.5) is 0 Å². The largest absolute Gasteiger partial charge is 0.379 e. The highest BCUT2D eigenvalue weighted by atomic mass is 16.5. The maximum Gasteiger partial charge on any atom is 0.0622 e. The zero-order chi connectivity index (χ0) is 8.27. The van der Waals surface area contributed by atoms with Gasteiger partial charge < -0.3 is 10.1 Å². The van der Waals surface area contributed by atoms with Gasteiger partial charge in [-0.05, 0) is 11.8 Å². The number of hydrogen-bond acceptors (Lipinski definition) is 2. The summed E-state index contributed by atoms with van der Waals surface area (Å²) in [4.78, 5) is 0. The van der Waals surface area contributed by atoms with Gasteiger partial charge in [-0.3, -0.25) is 0 Å². The minimum absolute atomic E-state index is 0.573. The van der Waals surface area contributed by atoms with Crippen molar-refractivity contribution in [2.24, 2.45) is 11.8 Å². The van der Waals surface area contributed by atoms with Gasteiger partial charge in [0.25, 0.3) is 0 Å². The fourth-order valence-electron chi connectivity index (χ4n) is 1.39. The first-order valence-electron chi connectivity index (χ1n) is 4.53. The molecule has 1 saturated heterocycles. The van der Waals surface area contributed by atoms with E-state index in [0.717, 1.165) is 31.6 Å². The lowest BCUT2D eigenvalue weighted by Crippen LogP contribution is -2.46. The molecular weight excluding hydrogens is 138 g/mol. The molecule has 0 aromatic heterocycles. The lowest BCUT2D eigenvalue weighted by Gasteiger charge is -2.31. The summed E-state index contributed by atoms with van der Waals surface area (Å²) in [7, 11) is 0. The molecule has 0 bridgehead atoms. The van der Waals surface area contributed by atoms with Crippen molar-refractivity contribution in [1.82, 2.24) is 5.32 Å². The quantitative estimate of drug-likeness (QED) is 0.651. The predicted octanol–water partition coefficient (Wildman–Crippen LogP) is 1.27. The lowest BCUT2D eigenvalue weighted by atomic mass is 9.90. The van der Waals surface area contributed by atoms with Crippen molar-refractivity contribution in [3.05, 3.63) is 0 Å². The summed E-state index contributed by atoms with van der Waals surface area (Å²) in [5.41, 5.74) is 0. The Kier molecular flexibility index (Phi) is 3.34. The monoisotopic (exact) mass is 157 g/mol. The molecule has 1 heterocycles. The molecule has 0 aromatic carbocycles. The Morgan fingerprint density at radius 1 is 1.36 bits per heavy atom. The maximum absolute atomic E-state index is 5.39. The first-order chi connectivity index (χ1) is 5.22. The third kappa shape index (κ3) is 2.46. The van der Waals surface area contributed by atoms with Gasteiger partial charge in [0.05, 0.1) is 13.2 Å².